The summed E-state index contributed by atoms with van der Waals surface area (Å²) < 4.78 is 25.2. The van der Waals surface area contributed by atoms with Gasteiger partial charge in [0.2, 0.25) is 0 Å². The second kappa shape index (κ2) is 5.32. The van der Waals surface area contributed by atoms with Crippen LogP contribution in [0.5, 0.6) is 0 Å². The van der Waals surface area contributed by atoms with E-state index in [-0.39, 0.29) is 21.8 Å². The van der Waals surface area contributed by atoms with Gasteiger partial charge in [0.05, 0.1) is 4.90 Å². The molecule has 0 amide bonds. The molecule has 0 heterocycles. The van der Waals surface area contributed by atoms with E-state index in [0.29, 0.717) is 22.8 Å². The average molecular weight is 353 g/mol. The van der Waals surface area contributed by atoms with Crippen molar-refractivity contribution in [3.05, 3.63) is 29.3 Å². The van der Waals surface area contributed by atoms with E-state index < -0.39 is 9.84 Å². The van der Waals surface area contributed by atoms with Gasteiger partial charge >= 0.3 is 0 Å². The Balaban J connectivity index is 1.57. The van der Waals surface area contributed by atoms with Gasteiger partial charge in [-0.05, 0) is 80.5 Å². The molecule has 4 bridgehead atoms. The Morgan fingerprint density at radius 1 is 1.00 bits per heavy atom. The second-order valence-corrected chi connectivity index (χ2v) is 10.3. The number of hydrogen-bond donors (Lipinski definition) is 0. The standard InChI is InChI=1S/C18H21ClO3S/c19-15-1-3-16(4-2-15)23(21,22)11-17(20)18-8-12-5-13(9-18)7-14(6-12)10-18/h1-4,12-14H,5-11H2. The number of sulfone groups is 1. The molecule has 0 N–H and O–H groups in total. The molecule has 4 aliphatic carbocycles. The minimum Gasteiger partial charge on any atom is -0.298 e. The molecule has 0 aliphatic heterocycles. The van der Waals surface area contributed by atoms with Crippen molar-refractivity contribution in [1.82, 2.24) is 0 Å². The molecule has 23 heavy (non-hydrogen) atoms. The first kappa shape index (κ1) is 15.6. The molecule has 4 saturated carbocycles. The van der Waals surface area contributed by atoms with Crippen LogP contribution in [0, 0.1) is 23.2 Å². The summed E-state index contributed by atoms with van der Waals surface area (Å²) in [7, 11) is -3.58. The summed E-state index contributed by atoms with van der Waals surface area (Å²) in [6, 6.07) is 6.10. The van der Waals surface area contributed by atoms with E-state index in [1.807, 2.05) is 0 Å². The van der Waals surface area contributed by atoms with Crippen molar-refractivity contribution in [3.63, 3.8) is 0 Å². The van der Waals surface area contributed by atoms with Crippen LogP contribution in [0.2, 0.25) is 5.02 Å². The number of carbonyl (C=O) groups is 1. The lowest BCUT2D eigenvalue weighted by atomic mass is 9.48. The molecule has 0 radical (unpaired) electrons. The number of Topliss-reactive ketones (excluding diaryl/α,β-unsaturated/α-hetero) is 1. The average Bonchev–Trinajstić information content (AvgIpc) is 2.45. The third-order valence-electron chi connectivity index (χ3n) is 6.12. The van der Waals surface area contributed by atoms with Gasteiger partial charge in [-0.1, -0.05) is 11.6 Å². The molecule has 0 spiro atoms. The molecule has 0 aromatic heterocycles. The third kappa shape index (κ3) is 2.74. The zero-order valence-corrected chi connectivity index (χ0v) is 14.6. The quantitative estimate of drug-likeness (QED) is 0.825. The summed E-state index contributed by atoms with van der Waals surface area (Å²) in [6.45, 7) is 0. The van der Waals surface area contributed by atoms with Gasteiger partial charge in [0.1, 0.15) is 5.75 Å². The minimum absolute atomic E-state index is 0.0495. The minimum atomic E-state index is -3.58. The van der Waals surface area contributed by atoms with Gasteiger partial charge in [0.15, 0.2) is 15.6 Å². The van der Waals surface area contributed by atoms with Gasteiger partial charge < -0.3 is 0 Å². The fourth-order valence-electron chi connectivity index (χ4n) is 5.50. The molecule has 4 fully saturated rings. The van der Waals surface area contributed by atoms with Crippen molar-refractivity contribution in [2.75, 3.05) is 5.75 Å². The third-order valence-corrected chi connectivity index (χ3v) is 8.01. The number of halogens is 1. The van der Waals surface area contributed by atoms with Crippen LogP contribution in [-0.4, -0.2) is 20.0 Å². The lowest BCUT2D eigenvalue weighted by Crippen LogP contribution is -2.51. The highest BCUT2D eigenvalue weighted by atomic mass is 35.5. The SMILES string of the molecule is O=C(CS(=O)(=O)c1ccc(Cl)cc1)C12CC3CC(CC(C3)C1)C2. The van der Waals surface area contributed by atoms with Crippen LogP contribution in [0.15, 0.2) is 29.2 Å². The number of rotatable bonds is 4. The zero-order valence-electron chi connectivity index (χ0n) is 13.0. The maximum Gasteiger partial charge on any atom is 0.185 e. The van der Waals surface area contributed by atoms with Crippen LogP contribution in [-0.2, 0) is 14.6 Å². The van der Waals surface area contributed by atoms with Crippen LogP contribution in [0.25, 0.3) is 0 Å². The first-order valence-corrected chi connectivity index (χ1v) is 10.4. The molecule has 5 rings (SSSR count). The predicted molar refractivity (Wildman–Crippen MR) is 89.1 cm³/mol. The lowest BCUT2D eigenvalue weighted by Gasteiger charge is -2.55. The van der Waals surface area contributed by atoms with E-state index in [0.717, 1.165) is 19.3 Å². The monoisotopic (exact) mass is 352 g/mol. The second-order valence-electron chi connectivity index (χ2n) is 7.83. The van der Waals surface area contributed by atoms with Crippen molar-refractivity contribution < 1.29 is 13.2 Å². The number of hydrogen-bond acceptors (Lipinski definition) is 3. The molecule has 5 heteroatoms. The highest BCUT2D eigenvalue weighted by Crippen LogP contribution is 2.60. The summed E-state index contributed by atoms with van der Waals surface area (Å²) in [6.07, 6.45) is 6.47. The largest absolute Gasteiger partial charge is 0.298 e. The Morgan fingerprint density at radius 3 is 1.96 bits per heavy atom. The Labute approximate surface area is 142 Å². The molecule has 1 aromatic carbocycles. The van der Waals surface area contributed by atoms with Gasteiger partial charge in [-0.25, -0.2) is 8.42 Å². The number of benzene rings is 1. The van der Waals surface area contributed by atoms with Gasteiger partial charge in [-0.2, -0.15) is 0 Å². The maximum absolute atomic E-state index is 12.9. The molecule has 0 unspecified atom stereocenters. The Bertz CT molecular complexity index is 701. The van der Waals surface area contributed by atoms with Crippen LogP contribution < -0.4 is 0 Å². The van der Waals surface area contributed by atoms with E-state index in [9.17, 15) is 13.2 Å². The normalized spacial score (nSPS) is 35.4. The van der Waals surface area contributed by atoms with E-state index >= 15 is 0 Å². The van der Waals surface area contributed by atoms with E-state index in [2.05, 4.69) is 0 Å². The van der Waals surface area contributed by atoms with Crippen molar-refractivity contribution in [2.45, 2.75) is 43.4 Å². The lowest BCUT2D eigenvalue weighted by molar-refractivity contribution is -0.141. The molecule has 124 valence electrons. The molecule has 0 atom stereocenters. The van der Waals surface area contributed by atoms with E-state index in [4.69, 9.17) is 11.6 Å². The molecule has 3 nitrogen and oxygen atoms in total. The molecular formula is C18H21ClO3S. The fraction of sp³-hybridized carbons (Fsp3) is 0.611. The molecule has 0 saturated heterocycles. The van der Waals surface area contributed by atoms with Crippen LogP contribution >= 0.6 is 11.6 Å². The Hall–Kier alpha value is -0.870. The van der Waals surface area contributed by atoms with Gasteiger partial charge in [0, 0.05) is 10.4 Å². The van der Waals surface area contributed by atoms with Crippen molar-refractivity contribution in [1.29, 1.82) is 0 Å². The topological polar surface area (TPSA) is 51.2 Å². The van der Waals surface area contributed by atoms with Gasteiger partial charge in [-0.15, -0.1) is 0 Å². The summed E-state index contributed by atoms with van der Waals surface area (Å²) in [5.74, 6) is 1.52. The van der Waals surface area contributed by atoms with Crippen molar-refractivity contribution >= 4 is 27.2 Å². The summed E-state index contributed by atoms with van der Waals surface area (Å²) in [4.78, 5) is 13.1. The molecule has 4 aliphatic rings. The molecule has 1 aromatic rings. The Morgan fingerprint density at radius 2 is 1.48 bits per heavy atom. The summed E-state index contributed by atoms with van der Waals surface area (Å²) in [5, 5.41) is 0.497. The fourth-order valence-corrected chi connectivity index (χ4v) is 7.00. The number of ketones is 1. The highest BCUT2D eigenvalue weighted by molar-refractivity contribution is 7.92. The Kier molecular flexibility index (Phi) is 3.62. The smallest absolute Gasteiger partial charge is 0.185 e. The number of carbonyl (C=O) groups excluding carboxylic acids is 1. The van der Waals surface area contributed by atoms with E-state index in [1.54, 1.807) is 12.1 Å². The van der Waals surface area contributed by atoms with Gasteiger partial charge in [0.25, 0.3) is 0 Å². The summed E-state index contributed by atoms with van der Waals surface area (Å²) in [5.41, 5.74) is -0.353. The zero-order chi connectivity index (χ0) is 16.2. The first-order chi connectivity index (χ1) is 10.9. The van der Waals surface area contributed by atoms with Gasteiger partial charge in [-0.3, -0.25) is 4.79 Å². The maximum atomic E-state index is 12.9. The van der Waals surface area contributed by atoms with E-state index in [1.165, 1.54) is 31.4 Å². The van der Waals surface area contributed by atoms with Crippen LogP contribution in [0.3, 0.4) is 0 Å². The summed E-state index contributed by atoms with van der Waals surface area (Å²) >= 11 is 5.82. The first-order valence-electron chi connectivity index (χ1n) is 8.38. The van der Waals surface area contributed by atoms with Crippen LogP contribution in [0.4, 0.5) is 0 Å². The molecular weight excluding hydrogens is 332 g/mol. The highest BCUT2D eigenvalue weighted by Gasteiger charge is 2.54. The van der Waals surface area contributed by atoms with Crippen molar-refractivity contribution in [3.8, 4) is 0 Å². The van der Waals surface area contributed by atoms with Crippen molar-refractivity contribution in [2.24, 2.45) is 23.2 Å². The van der Waals surface area contributed by atoms with Crippen LogP contribution in [0.1, 0.15) is 38.5 Å². The predicted octanol–water partition coefficient (Wildman–Crippen LogP) is 3.90.